The van der Waals surface area contributed by atoms with E-state index < -0.39 is 17.6 Å². The van der Waals surface area contributed by atoms with Gasteiger partial charge in [0.25, 0.3) is 5.78 Å². The van der Waals surface area contributed by atoms with Crippen molar-refractivity contribution in [1.29, 1.82) is 0 Å². The lowest BCUT2D eigenvalue weighted by Crippen LogP contribution is -2.50. The van der Waals surface area contributed by atoms with E-state index in [0.717, 1.165) is 0 Å². The predicted molar refractivity (Wildman–Crippen MR) is 40.5 cm³/mol. The quantitative estimate of drug-likeness (QED) is 0.298. The molecule has 0 aromatic rings. The Bertz CT molecular complexity index is 209. The zero-order valence-electron chi connectivity index (χ0n) is 6.50. The zero-order chi connectivity index (χ0) is 8.97. The molecular formula is C7H10N2O3. The predicted octanol–water partition coefficient (Wildman–Crippen LogP) is -1.77. The molecule has 5 heteroatoms. The molecule has 2 N–H and O–H groups in total. The van der Waals surface area contributed by atoms with Crippen molar-refractivity contribution in [3.63, 3.8) is 0 Å². The Kier molecular flexibility index (Phi) is 3.07. The third-order valence-electron chi connectivity index (χ3n) is 1.75. The van der Waals surface area contributed by atoms with E-state index in [0.29, 0.717) is 19.6 Å². The van der Waals surface area contributed by atoms with Gasteiger partial charge in [-0.15, -0.1) is 0 Å². The summed E-state index contributed by atoms with van der Waals surface area (Å²) in [7, 11) is 0. The van der Waals surface area contributed by atoms with Gasteiger partial charge >= 0.3 is 0 Å². The Morgan fingerprint density at radius 1 is 1.42 bits per heavy atom. The minimum atomic E-state index is -0.950. The van der Waals surface area contributed by atoms with Crippen LogP contribution >= 0.6 is 0 Å². The molecule has 0 saturated carbocycles. The lowest BCUT2D eigenvalue weighted by atomic mass is 10.1. The molecule has 0 aromatic carbocycles. The first-order valence-corrected chi connectivity index (χ1v) is 3.73. The van der Waals surface area contributed by atoms with Gasteiger partial charge in [0.05, 0.1) is 6.04 Å². The molecule has 1 fully saturated rings. The van der Waals surface area contributed by atoms with Gasteiger partial charge in [-0.2, -0.15) is 0 Å². The van der Waals surface area contributed by atoms with Gasteiger partial charge < -0.3 is 5.32 Å². The lowest BCUT2D eigenvalue weighted by Gasteiger charge is -2.21. The topological polar surface area (TPSA) is 75.3 Å². The van der Waals surface area contributed by atoms with E-state index in [1.54, 1.807) is 0 Å². The Hall–Kier alpha value is -1.07. The van der Waals surface area contributed by atoms with E-state index in [9.17, 15) is 14.4 Å². The second-order valence-electron chi connectivity index (χ2n) is 2.57. The Morgan fingerprint density at radius 2 is 2.17 bits per heavy atom. The molecule has 1 atom stereocenters. The fraction of sp³-hybridized carbons (Fsp3) is 0.571. The summed E-state index contributed by atoms with van der Waals surface area (Å²) in [5.41, 5.74) is 0. The van der Waals surface area contributed by atoms with Gasteiger partial charge in [-0.25, -0.2) is 0 Å². The second-order valence-corrected chi connectivity index (χ2v) is 2.57. The molecule has 0 aromatic heterocycles. The minimum Gasteiger partial charge on any atom is -0.304 e. The number of carbonyl (C=O) groups excluding carboxylic acids is 3. The number of nitrogens with one attached hydrogen (secondary N) is 2. The van der Waals surface area contributed by atoms with E-state index in [2.05, 4.69) is 10.6 Å². The molecule has 0 amide bonds. The van der Waals surface area contributed by atoms with Crippen molar-refractivity contribution in [2.24, 2.45) is 0 Å². The van der Waals surface area contributed by atoms with Crippen LogP contribution in [-0.4, -0.2) is 37.1 Å². The first-order valence-electron chi connectivity index (χ1n) is 3.73. The normalized spacial score (nSPS) is 23.2. The number of carbonyl (C=O) groups is 3. The van der Waals surface area contributed by atoms with Crippen LogP contribution in [0.25, 0.3) is 0 Å². The van der Waals surface area contributed by atoms with Crippen LogP contribution in [0, 0.1) is 0 Å². The van der Waals surface area contributed by atoms with Crippen molar-refractivity contribution in [3.05, 3.63) is 0 Å². The molecule has 12 heavy (non-hydrogen) atoms. The maximum Gasteiger partial charge on any atom is 0.262 e. The number of rotatable bonds is 3. The number of Topliss-reactive ketones (excluding diaryl/α,β-unsaturated/α-hetero) is 2. The minimum absolute atomic E-state index is 0.0616. The third-order valence-corrected chi connectivity index (χ3v) is 1.75. The molecule has 0 aliphatic carbocycles. The van der Waals surface area contributed by atoms with Crippen LogP contribution in [0.1, 0.15) is 6.42 Å². The van der Waals surface area contributed by atoms with Crippen LogP contribution in [0.5, 0.6) is 0 Å². The van der Waals surface area contributed by atoms with E-state index in [-0.39, 0.29) is 6.29 Å². The van der Waals surface area contributed by atoms with Crippen LogP contribution in [0.2, 0.25) is 0 Å². The van der Waals surface area contributed by atoms with Crippen LogP contribution in [-0.2, 0) is 14.4 Å². The van der Waals surface area contributed by atoms with Gasteiger partial charge in [0, 0.05) is 6.67 Å². The highest BCUT2D eigenvalue weighted by atomic mass is 16.2. The summed E-state index contributed by atoms with van der Waals surface area (Å²) < 4.78 is 0. The molecule has 5 nitrogen and oxygen atoms in total. The average molecular weight is 170 g/mol. The van der Waals surface area contributed by atoms with E-state index >= 15 is 0 Å². The first kappa shape index (κ1) is 9.02. The smallest absolute Gasteiger partial charge is 0.262 e. The van der Waals surface area contributed by atoms with E-state index in [1.165, 1.54) is 0 Å². The summed E-state index contributed by atoms with van der Waals surface area (Å²) in [6, 6.07) is -0.482. The number of hydrogen-bond donors (Lipinski definition) is 2. The summed E-state index contributed by atoms with van der Waals surface area (Å²) in [5.74, 6) is -1.58. The standard InChI is InChI=1S/C7H10N2O3/c10-3-6(11)7(12)5-1-2-8-4-9-5/h3,5,8-9H,1-2,4H2. The highest BCUT2D eigenvalue weighted by Crippen LogP contribution is 1.96. The third kappa shape index (κ3) is 1.96. The molecule has 1 aliphatic heterocycles. The van der Waals surface area contributed by atoms with Crippen LogP contribution < -0.4 is 10.6 Å². The summed E-state index contributed by atoms with van der Waals surface area (Å²) in [4.78, 5) is 31.7. The lowest BCUT2D eigenvalue weighted by molar-refractivity contribution is -0.141. The summed E-state index contributed by atoms with van der Waals surface area (Å²) in [5, 5.41) is 5.76. The fourth-order valence-corrected chi connectivity index (χ4v) is 1.09. The van der Waals surface area contributed by atoms with Crippen molar-refractivity contribution >= 4 is 17.9 Å². The number of ketones is 2. The molecule has 1 aliphatic rings. The molecule has 66 valence electrons. The zero-order valence-corrected chi connectivity index (χ0v) is 6.50. The highest BCUT2D eigenvalue weighted by Gasteiger charge is 2.25. The molecule has 1 saturated heterocycles. The first-order chi connectivity index (χ1) is 5.75. The molecule has 0 spiro atoms. The van der Waals surface area contributed by atoms with E-state index in [1.807, 2.05) is 0 Å². The number of aldehydes is 1. The van der Waals surface area contributed by atoms with Gasteiger partial charge in [0.2, 0.25) is 5.78 Å². The van der Waals surface area contributed by atoms with Crippen molar-refractivity contribution < 1.29 is 14.4 Å². The molecule has 0 bridgehead atoms. The molecule has 1 unspecified atom stereocenters. The molecule has 1 rings (SSSR count). The van der Waals surface area contributed by atoms with Crippen molar-refractivity contribution in [2.45, 2.75) is 12.5 Å². The average Bonchev–Trinajstić information content (AvgIpc) is 2.17. The maximum atomic E-state index is 11.1. The van der Waals surface area contributed by atoms with Gasteiger partial charge in [-0.1, -0.05) is 0 Å². The van der Waals surface area contributed by atoms with Crippen LogP contribution in [0.3, 0.4) is 0 Å². The van der Waals surface area contributed by atoms with Crippen molar-refractivity contribution in [3.8, 4) is 0 Å². The van der Waals surface area contributed by atoms with Gasteiger partial charge in [0.15, 0.2) is 6.29 Å². The van der Waals surface area contributed by atoms with E-state index in [4.69, 9.17) is 0 Å². The second kappa shape index (κ2) is 4.08. The van der Waals surface area contributed by atoms with Crippen LogP contribution in [0.15, 0.2) is 0 Å². The Morgan fingerprint density at radius 3 is 2.67 bits per heavy atom. The summed E-state index contributed by atoms with van der Waals surface area (Å²) in [6.45, 7) is 1.19. The molecular weight excluding hydrogens is 160 g/mol. The SMILES string of the molecule is O=CC(=O)C(=O)C1CCNCN1. The highest BCUT2D eigenvalue weighted by molar-refractivity contribution is 6.58. The van der Waals surface area contributed by atoms with Gasteiger partial charge in [-0.05, 0) is 13.0 Å². The summed E-state index contributed by atoms with van der Waals surface area (Å²) in [6.07, 6.45) is 0.616. The molecule has 1 heterocycles. The van der Waals surface area contributed by atoms with Crippen molar-refractivity contribution in [2.75, 3.05) is 13.2 Å². The maximum absolute atomic E-state index is 11.1. The summed E-state index contributed by atoms with van der Waals surface area (Å²) >= 11 is 0. The van der Waals surface area contributed by atoms with Gasteiger partial charge in [0.1, 0.15) is 0 Å². The number of hydrogen-bond acceptors (Lipinski definition) is 5. The van der Waals surface area contributed by atoms with Crippen LogP contribution in [0.4, 0.5) is 0 Å². The monoisotopic (exact) mass is 170 g/mol. The fourth-order valence-electron chi connectivity index (χ4n) is 1.09. The largest absolute Gasteiger partial charge is 0.304 e. The molecule has 0 radical (unpaired) electrons. The Balaban J connectivity index is 2.50. The Labute approximate surface area is 69.5 Å². The van der Waals surface area contributed by atoms with Gasteiger partial charge in [-0.3, -0.25) is 19.7 Å². The van der Waals surface area contributed by atoms with Crippen molar-refractivity contribution in [1.82, 2.24) is 10.6 Å².